The van der Waals surface area contributed by atoms with Gasteiger partial charge < -0.3 is 44.6 Å². The summed E-state index contributed by atoms with van der Waals surface area (Å²) in [6.45, 7) is 8.50. The molecule has 72 heavy (non-hydrogen) atoms. The minimum atomic E-state index is -0.789. The van der Waals surface area contributed by atoms with E-state index in [2.05, 4.69) is 20.6 Å². The molecule has 3 aromatic carbocycles. The molecule has 2 saturated heterocycles. The number of aromatic nitrogens is 6. The van der Waals surface area contributed by atoms with E-state index in [0.717, 1.165) is 50.5 Å². The van der Waals surface area contributed by atoms with E-state index in [1.165, 1.54) is 31.6 Å². The van der Waals surface area contributed by atoms with E-state index in [1.807, 2.05) is 80.8 Å². The van der Waals surface area contributed by atoms with Gasteiger partial charge in [-0.25, -0.2) is 28.9 Å². The van der Waals surface area contributed by atoms with E-state index in [0.29, 0.717) is 65.3 Å². The zero-order valence-corrected chi connectivity index (χ0v) is 42.1. The fourth-order valence-corrected chi connectivity index (χ4v) is 11.2. The Labute approximate surface area is 423 Å². The molecule has 20 heteroatoms. The van der Waals surface area contributed by atoms with E-state index >= 15 is 4.39 Å². The van der Waals surface area contributed by atoms with Crippen LogP contribution in [0.3, 0.4) is 0 Å². The predicted molar refractivity (Wildman–Crippen MR) is 270 cm³/mol. The number of thiazole rings is 1. The Morgan fingerprint density at radius 1 is 0.750 bits per heavy atom. The maximum atomic E-state index is 17.0. The molecule has 3 aliphatic heterocycles. The topological polar surface area (TPSA) is 202 Å². The zero-order valence-electron chi connectivity index (χ0n) is 40.5. The molecule has 4 aromatic heterocycles. The summed E-state index contributed by atoms with van der Waals surface area (Å²) in [5.74, 6) is 0.226. The molecular weight excluding hydrogens is 963 g/mol. The highest BCUT2D eigenvalue weighted by atomic mass is 35.5. The van der Waals surface area contributed by atoms with Crippen molar-refractivity contribution in [1.29, 1.82) is 0 Å². The van der Waals surface area contributed by atoms with Crippen molar-refractivity contribution in [2.45, 2.75) is 83.8 Å². The van der Waals surface area contributed by atoms with Crippen LogP contribution in [0.4, 0.5) is 14.0 Å². The van der Waals surface area contributed by atoms with Crippen molar-refractivity contribution >= 4 is 57.8 Å². The van der Waals surface area contributed by atoms with Gasteiger partial charge in [0.15, 0.2) is 0 Å². The summed E-state index contributed by atoms with van der Waals surface area (Å²) in [6, 6.07) is 16.4. The molecule has 1 unspecified atom stereocenters. The first-order valence-corrected chi connectivity index (χ1v) is 25.2. The van der Waals surface area contributed by atoms with Crippen LogP contribution in [0.15, 0.2) is 79.3 Å². The van der Waals surface area contributed by atoms with Gasteiger partial charge in [0.2, 0.25) is 18.0 Å². The largest absolute Gasteiger partial charge is 0.464 e. The number of imidazole rings is 2. The summed E-state index contributed by atoms with van der Waals surface area (Å²) in [5, 5.41) is 7.59. The number of methoxy groups -OCH3 is 2. The van der Waals surface area contributed by atoms with Crippen LogP contribution in [0, 0.1) is 17.7 Å². The number of halogens is 2. The minimum Gasteiger partial charge on any atom is -0.464 e. The number of benzene rings is 3. The molecule has 2 fully saturated rings. The minimum absolute atomic E-state index is 0.166. The highest BCUT2D eigenvalue weighted by Gasteiger charge is 2.40. The third-order valence-electron chi connectivity index (χ3n) is 13.8. The molecule has 7 heterocycles. The first-order valence-electron chi connectivity index (χ1n) is 24.0. The molecule has 0 aliphatic carbocycles. The standard InChI is InChI=1S/C52H54ClFN10O7S/c1-26(2)43(60-51(67)69-5)48(65)62-17-7-9-37(62)45-55-23-34(58-45)29-13-16-36-31(19-29)21-39-42-33(54)20-30(22-40(42)71-50(64(36)39)41-25-57-47(72-41)28-11-14-32(53)15-12-28)35-24-56-46(59-35)38-10-8-18-63(38)49(66)44(27(3)4)61-52(68)70-6/h11-16,19-27,37-38,43-44,50H,7-10,17-18H2,1-6H3,(H,55,58)(H,56,59)(H,60,67)(H,61,68)/t37-,38-,43-,44-,50?/m0/s1. The molecule has 7 aromatic rings. The monoisotopic (exact) mass is 1020 g/mol. The molecule has 0 bridgehead atoms. The number of aromatic amines is 2. The summed E-state index contributed by atoms with van der Waals surface area (Å²) in [5.41, 5.74) is 5.20. The Morgan fingerprint density at radius 3 is 1.89 bits per heavy atom. The van der Waals surface area contributed by atoms with Crippen molar-refractivity contribution in [2.75, 3.05) is 27.3 Å². The van der Waals surface area contributed by atoms with Gasteiger partial charge in [0, 0.05) is 46.4 Å². The number of likely N-dealkylation sites (tertiary alicyclic amines) is 2. The molecule has 17 nitrogen and oxygen atoms in total. The van der Waals surface area contributed by atoms with E-state index in [9.17, 15) is 19.2 Å². The number of nitrogens with one attached hydrogen (secondary N) is 4. The van der Waals surface area contributed by atoms with Crippen LogP contribution >= 0.6 is 22.9 Å². The van der Waals surface area contributed by atoms with Gasteiger partial charge in [-0.1, -0.05) is 57.5 Å². The number of alkyl carbamates (subject to hydrolysis) is 2. The molecule has 5 atom stereocenters. The second-order valence-corrected chi connectivity index (χ2v) is 20.5. The lowest BCUT2D eigenvalue weighted by molar-refractivity contribution is -0.136. The normalized spacial score (nSPS) is 18.2. The smallest absolute Gasteiger partial charge is 0.407 e. The van der Waals surface area contributed by atoms with Gasteiger partial charge in [0.25, 0.3) is 0 Å². The highest BCUT2D eigenvalue weighted by molar-refractivity contribution is 7.15. The average Bonchev–Trinajstić information content (AvgIpc) is 4.24. The number of carbonyl (C=O) groups excluding carboxylic acids is 4. The fourth-order valence-electron chi connectivity index (χ4n) is 10.1. The lowest BCUT2D eigenvalue weighted by atomic mass is 10.0. The molecule has 374 valence electrons. The Balaban J connectivity index is 0.987. The average molecular weight is 1020 g/mol. The van der Waals surface area contributed by atoms with Gasteiger partial charge in [-0.15, -0.1) is 11.3 Å². The van der Waals surface area contributed by atoms with Crippen LogP contribution in [0.1, 0.15) is 88.2 Å². The van der Waals surface area contributed by atoms with E-state index in [4.69, 9.17) is 40.8 Å². The van der Waals surface area contributed by atoms with Gasteiger partial charge >= 0.3 is 12.2 Å². The van der Waals surface area contributed by atoms with E-state index < -0.39 is 36.3 Å². The van der Waals surface area contributed by atoms with Crippen molar-refractivity contribution < 1.29 is 37.8 Å². The predicted octanol–water partition coefficient (Wildman–Crippen LogP) is 10.0. The number of ether oxygens (including phenoxy) is 3. The molecular formula is C52H54ClFN10O7S. The Hall–Kier alpha value is -7.25. The zero-order chi connectivity index (χ0) is 50.5. The summed E-state index contributed by atoms with van der Waals surface area (Å²) in [4.78, 5) is 77.4. The number of hydrogen-bond donors (Lipinski definition) is 4. The quantitative estimate of drug-likeness (QED) is 0.0913. The highest BCUT2D eigenvalue weighted by Crippen LogP contribution is 2.49. The first kappa shape index (κ1) is 48.4. The number of nitrogens with zero attached hydrogens (tertiary/aromatic N) is 6. The van der Waals surface area contributed by atoms with Gasteiger partial charge in [0.1, 0.15) is 40.3 Å². The lowest BCUT2D eigenvalue weighted by Crippen LogP contribution is -2.51. The van der Waals surface area contributed by atoms with Gasteiger partial charge in [-0.2, -0.15) is 0 Å². The second-order valence-electron chi connectivity index (χ2n) is 19.0. The number of carbonyl (C=O) groups is 4. The summed E-state index contributed by atoms with van der Waals surface area (Å²) < 4.78 is 35.5. The Kier molecular flexibility index (Phi) is 13.3. The van der Waals surface area contributed by atoms with Crippen LogP contribution in [-0.4, -0.2) is 103 Å². The molecule has 10 rings (SSSR count). The molecule has 4 amide bonds. The summed E-state index contributed by atoms with van der Waals surface area (Å²) in [6.07, 6.45) is 5.98. The molecule has 0 saturated carbocycles. The summed E-state index contributed by atoms with van der Waals surface area (Å²) >= 11 is 7.69. The number of H-pyrrole nitrogens is 2. The number of amides is 4. The third kappa shape index (κ3) is 9.03. The van der Waals surface area contributed by atoms with Crippen LogP contribution in [0.25, 0.3) is 55.2 Å². The van der Waals surface area contributed by atoms with Gasteiger partial charge in [-0.05, 0) is 80.0 Å². The van der Waals surface area contributed by atoms with Crippen molar-refractivity contribution in [3.63, 3.8) is 0 Å². The van der Waals surface area contributed by atoms with E-state index in [1.54, 1.807) is 34.5 Å². The van der Waals surface area contributed by atoms with Crippen molar-refractivity contribution in [3.8, 4) is 50.1 Å². The number of fused-ring (bicyclic) bond motifs is 5. The van der Waals surface area contributed by atoms with Crippen LogP contribution in [-0.2, 0) is 19.1 Å². The lowest BCUT2D eigenvalue weighted by Gasteiger charge is -2.30. The maximum Gasteiger partial charge on any atom is 0.407 e. The number of hydrogen-bond acceptors (Lipinski definition) is 11. The van der Waals surface area contributed by atoms with Crippen molar-refractivity contribution in [2.24, 2.45) is 11.8 Å². The molecule has 0 radical (unpaired) electrons. The van der Waals surface area contributed by atoms with Crippen molar-refractivity contribution in [3.05, 3.63) is 107 Å². The maximum absolute atomic E-state index is 17.0. The van der Waals surface area contributed by atoms with Crippen LogP contribution < -0.4 is 15.4 Å². The number of rotatable bonds is 12. The Bertz CT molecular complexity index is 3200. The molecule has 4 N–H and O–H groups in total. The molecule has 3 aliphatic rings. The van der Waals surface area contributed by atoms with Crippen molar-refractivity contribution in [1.82, 2.24) is 49.9 Å². The fraction of sp³-hybridized carbons (Fsp3) is 0.365. The van der Waals surface area contributed by atoms with Gasteiger partial charge in [-0.3, -0.25) is 14.2 Å². The third-order valence-corrected chi connectivity index (χ3v) is 15.1. The van der Waals surface area contributed by atoms with Gasteiger partial charge in [0.05, 0.1) is 71.7 Å². The summed E-state index contributed by atoms with van der Waals surface area (Å²) in [7, 11) is 2.53. The Morgan fingerprint density at radius 2 is 1.32 bits per heavy atom. The van der Waals surface area contributed by atoms with Crippen LogP contribution in [0.5, 0.6) is 5.75 Å². The molecule has 0 spiro atoms. The van der Waals surface area contributed by atoms with E-state index in [-0.39, 0.29) is 41.3 Å². The first-order chi connectivity index (χ1) is 34.7. The second kappa shape index (κ2) is 19.7. The van der Waals surface area contributed by atoms with Crippen LogP contribution in [0.2, 0.25) is 5.02 Å². The SMILES string of the molecule is COC(=O)N[C@H](C(=O)N1CCC[C@H]1c1ncc(-c2cc(F)c3c(c2)OC(c2cnc(-c4ccc(Cl)cc4)s2)n2c-3cc3cc(-c4cnc([C@@H]5CCCN5C(=O)[C@@H](NC(=O)OC)C(C)C)[nH]4)ccc32)[nH]1)C(C)C.